The number of morpholine rings is 1. The van der Waals surface area contributed by atoms with E-state index in [1.165, 1.54) is 0 Å². The van der Waals surface area contributed by atoms with E-state index in [1.54, 1.807) is 7.11 Å². The molecule has 4 rings (SSSR count). The molecule has 31 heavy (non-hydrogen) atoms. The summed E-state index contributed by atoms with van der Waals surface area (Å²) in [6.45, 7) is 3.69. The molecule has 2 aromatic rings. The van der Waals surface area contributed by atoms with Crippen LogP contribution in [0, 0.1) is 0 Å². The lowest BCUT2D eigenvalue weighted by molar-refractivity contribution is -0.127. The predicted octanol–water partition coefficient (Wildman–Crippen LogP) is 4.35. The van der Waals surface area contributed by atoms with Crippen molar-refractivity contribution in [3.63, 3.8) is 0 Å². The highest BCUT2D eigenvalue weighted by Gasteiger charge is 2.43. The van der Waals surface area contributed by atoms with Gasteiger partial charge in [-0.15, -0.1) is 0 Å². The molecule has 1 saturated heterocycles. The van der Waals surface area contributed by atoms with Gasteiger partial charge in [0.15, 0.2) is 0 Å². The third-order valence-electron chi connectivity index (χ3n) is 6.71. The molecule has 0 radical (unpaired) electrons. The topological polar surface area (TPSA) is 50.8 Å². The number of halogens is 1. The third-order valence-corrected chi connectivity index (χ3v) is 6.96. The molecular weight excluding hydrogens is 412 g/mol. The molecule has 1 unspecified atom stereocenters. The minimum absolute atomic E-state index is 0.0916. The molecule has 1 amide bonds. The van der Waals surface area contributed by atoms with Crippen LogP contribution in [0.15, 0.2) is 48.5 Å². The van der Waals surface area contributed by atoms with E-state index in [0.717, 1.165) is 60.7 Å². The molecule has 0 aromatic heterocycles. The Morgan fingerprint density at radius 1 is 1.16 bits per heavy atom. The number of ether oxygens (including phenoxy) is 2. The van der Waals surface area contributed by atoms with Crippen LogP contribution in [-0.2, 0) is 14.9 Å². The van der Waals surface area contributed by atoms with Gasteiger partial charge in [0.25, 0.3) is 0 Å². The standard InChI is InChI=1S/C25H31ClN2O3/c1-30-22-6-4-5-20(17-22)25(11-2-3-12-25)24(29)27-18-23(28-13-15-31-16-14-28)19-7-9-21(26)10-8-19/h4-10,17,23H,2-3,11-16,18H2,1H3,(H,27,29). The monoisotopic (exact) mass is 442 g/mol. The second-order valence-electron chi connectivity index (χ2n) is 8.45. The first-order chi connectivity index (χ1) is 15.1. The molecule has 1 heterocycles. The van der Waals surface area contributed by atoms with Gasteiger partial charge < -0.3 is 14.8 Å². The third kappa shape index (κ3) is 4.89. The molecule has 1 atom stereocenters. The molecule has 1 aliphatic carbocycles. The van der Waals surface area contributed by atoms with E-state index >= 15 is 0 Å². The maximum absolute atomic E-state index is 13.6. The quantitative estimate of drug-likeness (QED) is 0.692. The Morgan fingerprint density at radius 2 is 1.87 bits per heavy atom. The highest BCUT2D eigenvalue weighted by atomic mass is 35.5. The Kier molecular flexibility index (Phi) is 7.16. The smallest absolute Gasteiger partial charge is 0.230 e. The highest BCUT2D eigenvalue weighted by Crippen LogP contribution is 2.42. The van der Waals surface area contributed by atoms with E-state index in [4.69, 9.17) is 21.1 Å². The Balaban J connectivity index is 1.54. The Bertz CT molecular complexity index is 875. The molecule has 6 heteroatoms. The van der Waals surface area contributed by atoms with Crippen molar-refractivity contribution >= 4 is 17.5 Å². The molecule has 2 aromatic carbocycles. The van der Waals surface area contributed by atoms with Gasteiger partial charge in [-0.3, -0.25) is 9.69 Å². The molecule has 5 nitrogen and oxygen atoms in total. The second-order valence-corrected chi connectivity index (χ2v) is 8.88. The van der Waals surface area contributed by atoms with E-state index < -0.39 is 5.41 Å². The largest absolute Gasteiger partial charge is 0.497 e. The Labute approximate surface area is 189 Å². The number of carbonyl (C=O) groups excluding carboxylic acids is 1. The van der Waals surface area contributed by atoms with Gasteiger partial charge in [-0.2, -0.15) is 0 Å². The lowest BCUT2D eigenvalue weighted by Crippen LogP contribution is -2.48. The van der Waals surface area contributed by atoms with Crippen molar-refractivity contribution < 1.29 is 14.3 Å². The number of hydrogen-bond acceptors (Lipinski definition) is 4. The molecule has 1 N–H and O–H groups in total. The zero-order valence-electron chi connectivity index (χ0n) is 18.1. The summed E-state index contributed by atoms with van der Waals surface area (Å²) in [5.74, 6) is 0.911. The zero-order chi connectivity index (χ0) is 21.7. The van der Waals surface area contributed by atoms with E-state index in [2.05, 4.69) is 28.4 Å². The lowest BCUT2D eigenvalue weighted by Gasteiger charge is -2.36. The van der Waals surface area contributed by atoms with Crippen molar-refractivity contribution in [3.8, 4) is 5.75 Å². The van der Waals surface area contributed by atoms with Crippen LogP contribution in [0.3, 0.4) is 0 Å². The van der Waals surface area contributed by atoms with E-state index in [1.807, 2.05) is 30.3 Å². The fourth-order valence-electron chi connectivity index (χ4n) is 4.94. The number of amides is 1. The fourth-order valence-corrected chi connectivity index (χ4v) is 5.06. The van der Waals surface area contributed by atoms with Crippen LogP contribution in [-0.4, -0.2) is 50.8 Å². The first-order valence-corrected chi connectivity index (χ1v) is 11.5. The van der Waals surface area contributed by atoms with Crippen LogP contribution in [0.5, 0.6) is 5.75 Å². The van der Waals surface area contributed by atoms with Gasteiger partial charge in [0.2, 0.25) is 5.91 Å². The summed E-state index contributed by atoms with van der Waals surface area (Å²) in [7, 11) is 1.67. The first-order valence-electron chi connectivity index (χ1n) is 11.1. The van der Waals surface area contributed by atoms with Crippen LogP contribution in [0.2, 0.25) is 5.02 Å². The molecule has 166 valence electrons. The van der Waals surface area contributed by atoms with E-state index in [-0.39, 0.29) is 11.9 Å². The van der Waals surface area contributed by atoms with Crippen molar-refractivity contribution in [2.24, 2.45) is 0 Å². The summed E-state index contributed by atoms with van der Waals surface area (Å²) in [5, 5.41) is 4.04. The van der Waals surface area contributed by atoms with Crippen molar-refractivity contribution in [1.82, 2.24) is 10.2 Å². The van der Waals surface area contributed by atoms with Crippen LogP contribution in [0.25, 0.3) is 0 Å². The van der Waals surface area contributed by atoms with Gasteiger partial charge in [-0.05, 0) is 48.2 Å². The van der Waals surface area contributed by atoms with Gasteiger partial charge in [0.05, 0.1) is 31.8 Å². The second kappa shape index (κ2) is 10.0. The summed E-state index contributed by atoms with van der Waals surface area (Å²) < 4.78 is 11.0. The Morgan fingerprint density at radius 3 is 2.55 bits per heavy atom. The van der Waals surface area contributed by atoms with Crippen molar-refractivity contribution in [2.75, 3.05) is 40.0 Å². The predicted molar refractivity (Wildman–Crippen MR) is 123 cm³/mol. The first kappa shape index (κ1) is 22.1. The normalized spacial score (nSPS) is 19.7. The number of benzene rings is 2. The maximum Gasteiger partial charge on any atom is 0.230 e. The number of carbonyl (C=O) groups is 1. The number of methoxy groups -OCH3 is 1. The summed E-state index contributed by atoms with van der Waals surface area (Å²) >= 11 is 6.11. The van der Waals surface area contributed by atoms with Gasteiger partial charge in [-0.25, -0.2) is 0 Å². The number of nitrogens with one attached hydrogen (secondary N) is 1. The summed E-state index contributed by atoms with van der Waals surface area (Å²) in [4.78, 5) is 16.0. The average Bonchev–Trinajstić information content (AvgIpc) is 3.32. The van der Waals surface area contributed by atoms with Crippen molar-refractivity contribution in [1.29, 1.82) is 0 Å². The van der Waals surface area contributed by atoms with Gasteiger partial charge in [0.1, 0.15) is 5.75 Å². The fraction of sp³-hybridized carbons (Fsp3) is 0.480. The highest BCUT2D eigenvalue weighted by molar-refractivity contribution is 6.30. The summed E-state index contributed by atoms with van der Waals surface area (Å²) in [5.41, 5.74) is 1.73. The average molecular weight is 443 g/mol. The van der Waals surface area contributed by atoms with Gasteiger partial charge in [-0.1, -0.05) is 48.7 Å². The molecule has 0 spiro atoms. The van der Waals surface area contributed by atoms with Gasteiger partial charge in [0, 0.05) is 24.7 Å². The number of hydrogen-bond donors (Lipinski definition) is 1. The van der Waals surface area contributed by atoms with Crippen LogP contribution in [0.1, 0.15) is 42.9 Å². The van der Waals surface area contributed by atoms with Crippen LogP contribution >= 0.6 is 11.6 Å². The van der Waals surface area contributed by atoms with Crippen LogP contribution in [0.4, 0.5) is 0 Å². The summed E-state index contributed by atoms with van der Waals surface area (Å²) in [6, 6.07) is 16.0. The van der Waals surface area contributed by atoms with Crippen molar-refractivity contribution in [3.05, 3.63) is 64.7 Å². The SMILES string of the molecule is COc1cccc(C2(C(=O)NCC(c3ccc(Cl)cc3)N3CCOCC3)CCCC2)c1. The van der Waals surface area contributed by atoms with E-state index in [9.17, 15) is 4.79 Å². The zero-order valence-corrected chi connectivity index (χ0v) is 18.9. The molecule has 2 aliphatic rings. The maximum atomic E-state index is 13.6. The van der Waals surface area contributed by atoms with Gasteiger partial charge >= 0.3 is 0 Å². The molecule has 2 fully saturated rings. The molecule has 0 bridgehead atoms. The number of rotatable bonds is 7. The Hall–Kier alpha value is -2.08. The molecular formula is C25H31ClN2O3. The summed E-state index contributed by atoms with van der Waals surface area (Å²) in [6.07, 6.45) is 3.87. The van der Waals surface area contributed by atoms with Crippen LogP contribution < -0.4 is 10.1 Å². The van der Waals surface area contributed by atoms with E-state index in [0.29, 0.717) is 19.8 Å². The molecule has 1 saturated carbocycles. The van der Waals surface area contributed by atoms with Crippen molar-refractivity contribution in [2.45, 2.75) is 37.1 Å². The minimum Gasteiger partial charge on any atom is -0.497 e. The number of nitrogens with zero attached hydrogens (tertiary/aromatic N) is 1. The lowest BCUT2D eigenvalue weighted by atomic mass is 9.78. The molecule has 1 aliphatic heterocycles. The minimum atomic E-state index is -0.482.